The van der Waals surface area contributed by atoms with Gasteiger partial charge in [-0.25, -0.2) is 18.7 Å². The number of aliphatic hydroxyl groups is 1. The molecule has 1 N–H and O–H groups in total. The number of hydrogen-bond acceptors (Lipinski definition) is 8. The van der Waals surface area contributed by atoms with Gasteiger partial charge < -0.3 is 19.5 Å². The van der Waals surface area contributed by atoms with E-state index in [9.17, 15) is 14.3 Å². The number of thiazole rings is 1. The van der Waals surface area contributed by atoms with Crippen LogP contribution < -0.4 is 4.74 Å². The van der Waals surface area contributed by atoms with E-state index in [2.05, 4.69) is 6.58 Å². The van der Waals surface area contributed by atoms with E-state index in [1.54, 1.807) is 18.7 Å². The van der Waals surface area contributed by atoms with Crippen molar-refractivity contribution >= 4 is 38.7 Å². The van der Waals surface area contributed by atoms with Gasteiger partial charge in [-0.3, -0.25) is 4.79 Å². The van der Waals surface area contributed by atoms with Gasteiger partial charge in [-0.2, -0.15) is 0 Å². The Morgan fingerprint density at radius 2 is 1.89 bits per heavy atom. The lowest BCUT2D eigenvalue weighted by atomic mass is 9.95. The number of ether oxygens (including phenoxy) is 2. The minimum absolute atomic E-state index is 0.0358. The second kappa shape index (κ2) is 12.4. The van der Waals surface area contributed by atoms with E-state index in [4.69, 9.17) is 19.4 Å². The minimum Gasteiger partial charge on any atom is -0.490 e. The summed E-state index contributed by atoms with van der Waals surface area (Å²) in [7, 11) is 1.52. The van der Waals surface area contributed by atoms with Gasteiger partial charge in [0.2, 0.25) is 5.91 Å². The second-order valence-electron chi connectivity index (χ2n) is 11.2. The summed E-state index contributed by atoms with van der Waals surface area (Å²) in [4.78, 5) is 25.1. The molecule has 11 heteroatoms. The number of carbonyl (C=O) groups excluding carboxylic acids is 1. The molecular weight excluding hydrogens is 617 g/mol. The maximum atomic E-state index is 16.0. The summed E-state index contributed by atoms with van der Waals surface area (Å²) in [6.45, 7) is 8.28. The zero-order chi connectivity index (χ0) is 31.9. The highest BCUT2D eigenvalue weighted by Gasteiger charge is 2.29. The first kappa shape index (κ1) is 31.0. The van der Waals surface area contributed by atoms with Crippen LogP contribution in [-0.2, 0) is 28.1 Å². The van der Waals surface area contributed by atoms with E-state index in [1.165, 1.54) is 41.9 Å². The smallest absolute Gasteiger partial charge is 0.246 e. The van der Waals surface area contributed by atoms with Crippen LogP contribution in [0.1, 0.15) is 30.0 Å². The molecule has 1 aliphatic rings. The lowest BCUT2D eigenvalue weighted by Crippen LogP contribution is -2.34. The van der Waals surface area contributed by atoms with Crippen LogP contribution in [0.2, 0.25) is 0 Å². The summed E-state index contributed by atoms with van der Waals surface area (Å²) in [5.41, 5.74) is 3.02. The fourth-order valence-electron chi connectivity index (χ4n) is 5.42. The molecule has 4 heterocycles. The average Bonchev–Trinajstić information content (AvgIpc) is 3.67. The Bertz CT molecular complexity index is 1910. The number of halogens is 2. The van der Waals surface area contributed by atoms with Crippen molar-refractivity contribution in [2.24, 2.45) is 0 Å². The number of amides is 1. The van der Waals surface area contributed by atoms with Crippen LogP contribution in [0.4, 0.5) is 8.78 Å². The number of fused-ring (bicyclic) bond motifs is 2. The highest BCUT2D eigenvalue weighted by Crippen LogP contribution is 2.48. The molecule has 5 aromatic rings. The summed E-state index contributed by atoms with van der Waals surface area (Å²) in [5, 5.41) is 13.8. The number of carbonyl (C=O) groups is 1. The molecule has 0 atom stereocenters. The van der Waals surface area contributed by atoms with Crippen molar-refractivity contribution in [2.45, 2.75) is 32.4 Å². The Labute approximate surface area is 267 Å². The van der Waals surface area contributed by atoms with E-state index in [1.807, 2.05) is 35.7 Å². The first-order valence-electron chi connectivity index (χ1n) is 14.3. The Morgan fingerprint density at radius 3 is 2.60 bits per heavy atom. The van der Waals surface area contributed by atoms with Gasteiger partial charge in [0.1, 0.15) is 34.7 Å². The number of methoxy groups -OCH3 is 1. The molecule has 0 spiro atoms. The molecule has 3 aromatic heterocycles. The van der Waals surface area contributed by atoms with Crippen molar-refractivity contribution in [1.82, 2.24) is 14.9 Å². The maximum absolute atomic E-state index is 16.0. The molecule has 232 valence electrons. The van der Waals surface area contributed by atoms with Crippen molar-refractivity contribution in [3.05, 3.63) is 88.3 Å². The van der Waals surface area contributed by atoms with E-state index >= 15 is 4.39 Å². The average molecular weight is 648 g/mol. The number of benzene rings is 2. The van der Waals surface area contributed by atoms with Gasteiger partial charge in [0.25, 0.3) is 0 Å². The van der Waals surface area contributed by atoms with Crippen molar-refractivity contribution < 1.29 is 28.2 Å². The molecule has 1 amide bonds. The van der Waals surface area contributed by atoms with Crippen molar-refractivity contribution in [3.8, 4) is 38.8 Å². The Kier molecular flexibility index (Phi) is 8.53. The molecule has 6 rings (SSSR count). The molecule has 45 heavy (non-hydrogen) atoms. The zero-order valence-electron chi connectivity index (χ0n) is 25.0. The molecular formula is C34H31F2N3O4S2. The normalized spacial score (nSPS) is 13.2. The Hall–Kier alpha value is -4.03. The lowest BCUT2D eigenvalue weighted by molar-refractivity contribution is -0.126. The van der Waals surface area contributed by atoms with E-state index in [-0.39, 0.29) is 30.4 Å². The highest BCUT2D eigenvalue weighted by atomic mass is 32.1. The molecule has 0 aliphatic carbocycles. The number of nitrogens with zero attached hydrogens (tertiary/aromatic N) is 3. The van der Waals surface area contributed by atoms with Crippen LogP contribution in [0.5, 0.6) is 5.75 Å². The molecule has 7 nitrogen and oxygen atoms in total. The van der Waals surface area contributed by atoms with Crippen LogP contribution in [0.15, 0.2) is 60.5 Å². The van der Waals surface area contributed by atoms with Crippen LogP contribution in [0, 0.1) is 11.6 Å². The van der Waals surface area contributed by atoms with Gasteiger partial charge in [-0.15, -0.1) is 22.7 Å². The Balaban J connectivity index is 1.60. The molecule has 0 bridgehead atoms. The van der Waals surface area contributed by atoms with Crippen molar-refractivity contribution in [1.29, 1.82) is 0 Å². The largest absolute Gasteiger partial charge is 0.490 e. The third-order valence-electron chi connectivity index (χ3n) is 7.71. The molecule has 2 aromatic carbocycles. The van der Waals surface area contributed by atoms with Crippen LogP contribution in [0.25, 0.3) is 43.2 Å². The number of rotatable bonds is 9. The topological polar surface area (TPSA) is 84.8 Å². The lowest BCUT2D eigenvalue weighted by Gasteiger charge is -2.24. The highest BCUT2D eigenvalue weighted by molar-refractivity contribution is 7.18. The van der Waals surface area contributed by atoms with Gasteiger partial charge in [0.15, 0.2) is 0 Å². The van der Waals surface area contributed by atoms with E-state index in [0.29, 0.717) is 41.5 Å². The molecule has 0 saturated carbocycles. The summed E-state index contributed by atoms with van der Waals surface area (Å²) >= 11 is 2.82. The van der Waals surface area contributed by atoms with Gasteiger partial charge in [0, 0.05) is 58.3 Å². The zero-order valence-corrected chi connectivity index (χ0v) is 26.7. The maximum Gasteiger partial charge on any atom is 0.246 e. The van der Waals surface area contributed by atoms with Gasteiger partial charge in [-0.05, 0) is 36.9 Å². The van der Waals surface area contributed by atoms with Gasteiger partial charge in [-0.1, -0.05) is 30.8 Å². The summed E-state index contributed by atoms with van der Waals surface area (Å²) in [6, 6.07) is 11.5. The quantitative estimate of drug-likeness (QED) is 0.133. The number of pyridine rings is 1. The van der Waals surface area contributed by atoms with Crippen LogP contribution >= 0.6 is 22.7 Å². The Morgan fingerprint density at radius 1 is 1.11 bits per heavy atom. The molecule has 1 aliphatic heterocycles. The summed E-state index contributed by atoms with van der Waals surface area (Å²) < 4.78 is 42.3. The third-order valence-corrected chi connectivity index (χ3v) is 9.73. The SMILES string of the molecule is C=CC(=O)N1CCc2nc(-c3nc(-c4ccc(C(C)(C)O)cc4)c4ccsc4c3-c3c(F)cc(F)cc3OCCOC)sc2C1. The first-order chi connectivity index (χ1) is 21.6. The van der Waals surface area contributed by atoms with Gasteiger partial charge in [0.05, 0.1) is 35.7 Å². The number of thiophene rings is 1. The molecule has 0 radical (unpaired) electrons. The van der Waals surface area contributed by atoms with Gasteiger partial charge >= 0.3 is 0 Å². The van der Waals surface area contributed by atoms with Crippen LogP contribution in [0.3, 0.4) is 0 Å². The second-order valence-corrected chi connectivity index (χ2v) is 13.2. The van der Waals surface area contributed by atoms with E-state index < -0.39 is 17.2 Å². The fourth-order valence-corrected chi connectivity index (χ4v) is 7.49. The predicted octanol–water partition coefficient (Wildman–Crippen LogP) is 7.36. The molecule has 0 fully saturated rings. The summed E-state index contributed by atoms with van der Waals surface area (Å²) in [6.07, 6.45) is 1.86. The number of aromatic nitrogens is 2. The fraction of sp³-hybridized carbons (Fsp3) is 0.265. The summed E-state index contributed by atoms with van der Waals surface area (Å²) in [5.74, 6) is -1.67. The number of hydrogen-bond donors (Lipinski definition) is 1. The molecule has 0 unspecified atom stereocenters. The van der Waals surface area contributed by atoms with Crippen molar-refractivity contribution in [3.63, 3.8) is 0 Å². The van der Waals surface area contributed by atoms with Crippen molar-refractivity contribution in [2.75, 3.05) is 26.9 Å². The third kappa shape index (κ3) is 6.00. The van der Waals surface area contributed by atoms with E-state index in [0.717, 1.165) is 37.9 Å². The first-order valence-corrected chi connectivity index (χ1v) is 16.0. The monoisotopic (exact) mass is 647 g/mol. The standard InChI is InChI=1S/C34H31F2N3O4S2/c1-5-27(40)39-12-10-24-26(18-39)45-33(37-24)31-29(28-23(36)16-21(35)17-25(28)43-14-13-42-4)32-22(11-15-44-32)30(38-31)19-6-8-20(9-7-19)34(2,3)41/h5-9,11,15-17,41H,1,10,12-14,18H2,2-4H3. The molecule has 0 saturated heterocycles. The predicted molar refractivity (Wildman–Crippen MR) is 173 cm³/mol. The minimum atomic E-state index is -1.02. The van der Waals surface area contributed by atoms with Crippen LogP contribution in [-0.4, -0.2) is 52.7 Å².